The molecular weight excluding hydrogens is 208 g/mol. The number of nitrogens with one attached hydrogen (secondary N) is 1. The number of pyridine rings is 1. The van der Waals surface area contributed by atoms with Crippen LogP contribution in [0, 0.1) is 0 Å². The van der Waals surface area contributed by atoms with Crippen LogP contribution in [-0.2, 0) is 0 Å². The van der Waals surface area contributed by atoms with Gasteiger partial charge in [-0.05, 0) is 26.0 Å². The van der Waals surface area contributed by atoms with E-state index >= 15 is 0 Å². The SMILES string of the molecule is CCOc1cccnc1C(=O)NC(C)CO. The number of hydrogen-bond acceptors (Lipinski definition) is 4. The molecule has 0 saturated carbocycles. The Bertz CT molecular complexity index is 355. The molecule has 0 bridgehead atoms. The van der Waals surface area contributed by atoms with Crippen LogP contribution in [0.25, 0.3) is 0 Å². The minimum absolute atomic E-state index is 0.109. The Morgan fingerprint density at radius 3 is 3.06 bits per heavy atom. The highest BCUT2D eigenvalue weighted by Gasteiger charge is 2.15. The first kappa shape index (κ1) is 12.4. The van der Waals surface area contributed by atoms with E-state index in [4.69, 9.17) is 9.84 Å². The highest BCUT2D eigenvalue weighted by molar-refractivity contribution is 5.95. The molecule has 0 aliphatic heterocycles. The van der Waals surface area contributed by atoms with Gasteiger partial charge in [0.05, 0.1) is 13.2 Å². The first-order valence-corrected chi connectivity index (χ1v) is 5.18. The standard InChI is InChI=1S/C11H16N2O3/c1-3-16-9-5-4-6-12-10(9)11(15)13-8(2)7-14/h4-6,8,14H,3,7H2,1-2H3,(H,13,15). The Labute approximate surface area is 94.5 Å². The van der Waals surface area contributed by atoms with Gasteiger partial charge in [-0.2, -0.15) is 0 Å². The molecule has 1 heterocycles. The van der Waals surface area contributed by atoms with Gasteiger partial charge >= 0.3 is 0 Å². The fraction of sp³-hybridized carbons (Fsp3) is 0.455. The van der Waals surface area contributed by atoms with Crippen molar-refractivity contribution in [3.63, 3.8) is 0 Å². The molecule has 5 heteroatoms. The number of rotatable bonds is 5. The summed E-state index contributed by atoms with van der Waals surface area (Å²) in [5.74, 6) is 0.109. The van der Waals surface area contributed by atoms with E-state index in [-0.39, 0.29) is 24.2 Å². The zero-order valence-corrected chi connectivity index (χ0v) is 9.43. The molecule has 1 rings (SSSR count). The molecule has 1 amide bonds. The Balaban J connectivity index is 2.81. The molecule has 0 aromatic carbocycles. The summed E-state index contributed by atoms with van der Waals surface area (Å²) < 4.78 is 5.29. The lowest BCUT2D eigenvalue weighted by Crippen LogP contribution is -2.35. The highest BCUT2D eigenvalue weighted by atomic mass is 16.5. The average molecular weight is 224 g/mol. The summed E-state index contributed by atoms with van der Waals surface area (Å²) in [5, 5.41) is 11.5. The predicted octanol–water partition coefficient (Wildman–Crippen LogP) is 0.591. The average Bonchev–Trinajstić information content (AvgIpc) is 2.30. The van der Waals surface area contributed by atoms with E-state index in [1.807, 2.05) is 6.92 Å². The zero-order chi connectivity index (χ0) is 12.0. The van der Waals surface area contributed by atoms with Crippen molar-refractivity contribution in [3.8, 4) is 5.75 Å². The summed E-state index contributed by atoms with van der Waals surface area (Å²) in [6, 6.07) is 3.09. The van der Waals surface area contributed by atoms with E-state index in [1.54, 1.807) is 19.1 Å². The van der Waals surface area contributed by atoms with Crippen LogP contribution in [0.4, 0.5) is 0 Å². The maximum Gasteiger partial charge on any atom is 0.274 e. The lowest BCUT2D eigenvalue weighted by molar-refractivity contribution is 0.0913. The fourth-order valence-electron chi connectivity index (χ4n) is 1.17. The van der Waals surface area contributed by atoms with Crippen LogP contribution in [0.1, 0.15) is 24.3 Å². The normalized spacial score (nSPS) is 11.9. The topological polar surface area (TPSA) is 71.5 Å². The number of carbonyl (C=O) groups is 1. The van der Waals surface area contributed by atoms with Gasteiger partial charge < -0.3 is 15.2 Å². The Morgan fingerprint density at radius 2 is 2.44 bits per heavy atom. The summed E-state index contributed by atoms with van der Waals surface area (Å²) >= 11 is 0. The second kappa shape index (κ2) is 6.07. The van der Waals surface area contributed by atoms with Gasteiger partial charge in [0.15, 0.2) is 11.4 Å². The summed E-state index contributed by atoms with van der Waals surface area (Å²) in [4.78, 5) is 15.7. The molecule has 0 spiro atoms. The van der Waals surface area contributed by atoms with Crippen LogP contribution in [0.5, 0.6) is 5.75 Å². The van der Waals surface area contributed by atoms with Crippen molar-refractivity contribution in [3.05, 3.63) is 24.0 Å². The van der Waals surface area contributed by atoms with E-state index in [0.717, 1.165) is 0 Å². The lowest BCUT2D eigenvalue weighted by atomic mass is 10.2. The van der Waals surface area contributed by atoms with Gasteiger partial charge in [0.1, 0.15) is 0 Å². The molecule has 1 atom stereocenters. The van der Waals surface area contributed by atoms with Gasteiger partial charge in [-0.1, -0.05) is 0 Å². The second-order valence-electron chi connectivity index (χ2n) is 3.34. The molecule has 2 N–H and O–H groups in total. The summed E-state index contributed by atoms with van der Waals surface area (Å²) in [5.41, 5.74) is 0.240. The minimum atomic E-state index is -0.342. The maximum absolute atomic E-state index is 11.7. The summed E-state index contributed by atoms with van der Waals surface area (Å²) in [7, 11) is 0. The molecule has 0 saturated heterocycles. The number of ether oxygens (including phenoxy) is 1. The van der Waals surface area contributed by atoms with Crippen molar-refractivity contribution in [2.24, 2.45) is 0 Å². The van der Waals surface area contributed by atoms with Crippen LogP contribution in [0.2, 0.25) is 0 Å². The molecule has 0 fully saturated rings. The van der Waals surface area contributed by atoms with E-state index in [2.05, 4.69) is 10.3 Å². The first-order chi connectivity index (χ1) is 7.69. The minimum Gasteiger partial charge on any atom is -0.491 e. The maximum atomic E-state index is 11.7. The predicted molar refractivity (Wildman–Crippen MR) is 59.4 cm³/mol. The first-order valence-electron chi connectivity index (χ1n) is 5.18. The monoisotopic (exact) mass is 224 g/mol. The second-order valence-corrected chi connectivity index (χ2v) is 3.34. The fourth-order valence-corrected chi connectivity index (χ4v) is 1.17. The molecule has 0 radical (unpaired) electrons. The van der Waals surface area contributed by atoms with E-state index in [0.29, 0.717) is 12.4 Å². The van der Waals surface area contributed by atoms with E-state index in [9.17, 15) is 4.79 Å². The molecule has 1 aromatic heterocycles. The van der Waals surface area contributed by atoms with Crippen LogP contribution < -0.4 is 10.1 Å². The Kier molecular flexibility index (Phi) is 4.72. The number of nitrogens with zero attached hydrogens (tertiary/aromatic N) is 1. The highest BCUT2D eigenvalue weighted by Crippen LogP contribution is 2.14. The smallest absolute Gasteiger partial charge is 0.274 e. The van der Waals surface area contributed by atoms with Crippen LogP contribution in [0.15, 0.2) is 18.3 Å². The van der Waals surface area contributed by atoms with Crippen molar-refractivity contribution in [2.75, 3.05) is 13.2 Å². The van der Waals surface area contributed by atoms with Crippen LogP contribution >= 0.6 is 0 Å². The van der Waals surface area contributed by atoms with Gasteiger partial charge in [0.25, 0.3) is 5.91 Å². The lowest BCUT2D eigenvalue weighted by Gasteiger charge is -2.12. The molecule has 16 heavy (non-hydrogen) atoms. The molecular formula is C11H16N2O3. The summed E-state index contributed by atoms with van der Waals surface area (Å²) in [6.07, 6.45) is 1.53. The summed E-state index contributed by atoms with van der Waals surface area (Å²) in [6.45, 7) is 3.91. The van der Waals surface area contributed by atoms with Crippen LogP contribution in [-0.4, -0.2) is 35.3 Å². The van der Waals surface area contributed by atoms with E-state index in [1.165, 1.54) is 6.20 Å². The zero-order valence-electron chi connectivity index (χ0n) is 9.43. The number of aliphatic hydroxyl groups is 1. The molecule has 5 nitrogen and oxygen atoms in total. The number of hydrogen-bond donors (Lipinski definition) is 2. The van der Waals surface area contributed by atoms with Crippen molar-refractivity contribution in [1.29, 1.82) is 0 Å². The number of amides is 1. The van der Waals surface area contributed by atoms with E-state index < -0.39 is 0 Å². The van der Waals surface area contributed by atoms with Gasteiger partial charge in [-0.25, -0.2) is 4.98 Å². The third-order valence-corrected chi connectivity index (χ3v) is 1.94. The number of aromatic nitrogens is 1. The van der Waals surface area contributed by atoms with Gasteiger partial charge in [-0.3, -0.25) is 4.79 Å². The van der Waals surface area contributed by atoms with Crippen molar-refractivity contribution >= 4 is 5.91 Å². The van der Waals surface area contributed by atoms with Gasteiger partial charge in [0, 0.05) is 12.2 Å². The number of aliphatic hydroxyl groups excluding tert-OH is 1. The Hall–Kier alpha value is -1.62. The third-order valence-electron chi connectivity index (χ3n) is 1.94. The van der Waals surface area contributed by atoms with Crippen molar-refractivity contribution in [1.82, 2.24) is 10.3 Å². The molecule has 0 aliphatic carbocycles. The molecule has 1 aromatic rings. The van der Waals surface area contributed by atoms with Crippen molar-refractivity contribution < 1.29 is 14.6 Å². The largest absolute Gasteiger partial charge is 0.491 e. The number of carbonyl (C=O) groups excluding carboxylic acids is 1. The molecule has 88 valence electrons. The molecule has 0 aliphatic rings. The van der Waals surface area contributed by atoms with Gasteiger partial charge in [0.2, 0.25) is 0 Å². The van der Waals surface area contributed by atoms with Crippen molar-refractivity contribution in [2.45, 2.75) is 19.9 Å². The van der Waals surface area contributed by atoms with Gasteiger partial charge in [-0.15, -0.1) is 0 Å². The van der Waals surface area contributed by atoms with Crippen LogP contribution in [0.3, 0.4) is 0 Å². The third kappa shape index (κ3) is 3.20. The Morgan fingerprint density at radius 1 is 1.69 bits per heavy atom. The molecule has 1 unspecified atom stereocenters. The quantitative estimate of drug-likeness (QED) is 0.768.